The minimum absolute atomic E-state index is 0. The number of anilines is 3. The maximum Gasteiger partial charge on any atom is 2.00 e. The number of fused-ring (bicyclic) bond motifs is 5. The van der Waals surface area contributed by atoms with E-state index in [1.54, 1.807) is 0 Å². The topological polar surface area (TPSA) is 3.24 Å². The van der Waals surface area contributed by atoms with Crippen LogP contribution in [0.2, 0.25) is 0 Å². The molecule has 29 heavy (non-hydrogen) atoms. The van der Waals surface area contributed by atoms with E-state index in [0.29, 0.717) is 0 Å². The van der Waals surface area contributed by atoms with Gasteiger partial charge >= 0.3 is 21.1 Å². The zero-order valence-electron chi connectivity index (χ0n) is 16.9. The molecule has 1 aliphatic heterocycles. The molecule has 142 valence electrons. The molecule has 0 aromatic heterocycles. The molecular weight excluding hydrogens is 522 g/mol. The molecular formula is C27H23NW. The van der Waals surface area contributed by atoms with Gasteiger partial charge in [-0.15, -0.1) is 11.6 Å². The second-order valence-corrected chi connectivity index (χ2v) is 6.58. The molecule has 4 aromatic carbocycles. The summed E-state index contributed by atoms with van der Waals surface area (Å²) in [4.78, 5) is 2.27. The molecule has 0 saturated heterocycles. The Hall–Kier alpha value is -2.63. The van der Waals surface area contributed by atoms with Crippen LogP contribution in [0.15, 0.2) is 84.9 Å². The number of aryl methyl sites for hydroxylation is 1. The Morgan fingerprint density at radius 2 is 1.31 bits per heavy atom. The Morgan fingerprint density at radius 3 is 2.03 bits per heavy atom. The van der Waals surface area contributed by atoms with Crippen molar-refractivity contribution >= 4 is 17.1 Å². The van der Waals surface area contributed by atoms with E-state index in [4.69, 9.17) is 0 Å². The van der Waals surface area contributed by atoms with Gasteiger partial charge in [-0.2, -0.15) is 48.5 Å². The second kappa shape index (κ2) is 9.24. The smallest absolute Gasteiger partial charge is 0.357 e. The van der Waals surface area contributed by atoms with Gasteiger partial charge < -0.3 is 4.90 Å². The summed E-state index contributed by atoms with van der Waals surface area (Å²) in [5.74, 6) is 0. The molecule has 4 aromatic rings. The van der Waals surface area contributed by atoms with Crippen molar-refractivity contribution in [3.05, 3.63) is 103 Å². The SMILES string of the molecule is CC.Cc1ccc2c(c1)-c1ccccc1-c1ccc[c-]c1N2c1[c-]cccc1.[W+2]. The van der Waals surface area contributed by atoms with Crippen LogP contribution in [0, 0.1) is 19.1 Å². The monoisotopic (exact) mass is 545 g/mol. The van der Waals surface area contributed by atoms with Gasteiger partial charge in [-0.1, -0.05) is 66.7 Å². The average molecular weight is 545 g/mol. The van der Waals surface area contributed by atoms with E-state index in [1.165, 1.54) is 27.8 Å². The first-order valence-electron chi connectivity index (χ1n) is 9.81. The summed E-state index contributed by atoms with van der Waals surface area (Å²) in [5.41, 5.74) is 9.42. The van der Waals surface area contributed by atoms with Gasteiger partial charge in [0.1, 0.15) is 0 Å². The van der Waals surface area contributed by atoms with Crippen LogP contribution in [-0.4, -0.2) is 0 Å². The van der Waals surface area contributed by atoms with Gasteiger partial charge in [0.25, 0.3) is 0 Å². The second-order valence-electron chi connectivity index (χ2n) is 6.58. The van der Waals surface area contributed by atoms with Gasteiger partial charge in [0, 0.05) is 11.3 Å². The van der Waals surface area contributed by atoms with Gasteiger partial charge in [-0.25, -0.2) is 0 Å². The number of para-hydroxylation sites is 2. The van der Waals surface area contributed by atoms with Crippen LogP contribution < -0.4 is 4.90 Å². The Kier molecular flexibility index (Phi) is 6.72. The normalized spacial score (nSPS) is 10.9. The molecule has 0 spiro atoms. The summed E-state index contributed by atoms with van der Waals surface area (Å²) < 4.78 is 0. The summed E-state index contributed by atoms with van der Waals surface area (Å²) in [7, 11) is 0. The molecule has 0 saturated carbocycles. The Balaban J connectivity index is 0.000000778. The van der Waals surface area contributed by atoms with Crippen molar-refractivity contribution in [1.29, 1.82) is 0 Å². The first-order chi connectivity index (χ1) is 13.8. The summed E-state index contributed by atoms with van der Waals surface area (Å²) >= 11 is 0. The van der Waals surface area contributed by atoms with Crippen LogP contribution in [0.25, 0.3) is 22.3 Å². The zero-order valence-corrected chi connectivity index (χ0v) is 19.9. The van der Waals surface area contributed by atoms with Crippen molar-refractivity contribution in [2.24, 2.45) is 0 Å². The molecule has 1 aliphatic rings. The van der Waals surface area contributed by atoms with Crippen molar-refractivity contribution in [3.8, 4) is 22.3 Å². The Labute approximate surface area is 188 Å². The standard InChI is InChI=1S/C25H17N.C2H6.W/c1-18-15-16-25-23(17-18)21-12-6-5-11-20(21)22-13-7-8-14-24(22)26(25)19-9-3-2-4-10-19;1-2;/h2-9,11-13,15-17H,1H3;1-2H3;/q-2;;+2. The van der Waals surface area contributed by atoms with Crippen molar-refractivity contribution in [2.45, 2.75) is 20.8 Å². The minimum atomic E-state index is 0. The third kappa shape index (κ3) is 3.80. The first kappa shape index (κ1) is 21.1. The first-order valence-corrected chi connectivity index (χ1v) is 9.81. The van der Waals surface area contributed by atoms with Crippen LogP contribution in [0.4, 0.5) is 17.1 Å². The van der Waals surface area contributed by atoms with Gasteiger partial charge in [0.2, 0.25) is 0 Å². The quantitative estimate of drug-likeness (QED) is 0.195. The molecule has 1 nitrogen and oxygen atoms in total. The van der Waals surface area contributed by atoms with Gasteiger partial charge in [0.15, 0.2) is 0 Å². The average Bonchev–Trinajstić information content (AvgIpc) is 2.89. The molecule has 0 bridgehead atoms. The van der Waals surface area contributed by atoms with E-state index in [1.807, 2.05) is 32.0 Å². The van der Waals surface area contributed by atoms with Crippen molar-refractivity contribution in [3.63, 3.8) is 0 Å². The fourth-order valence-electron chi connectivity index (χ4n) is 3.74. The fourth-order valence-corrected chi connectivity index (χ4v) is 3.74. The number of benzene rings is 4. The van der Waals surface area contributed by atoms with E-state index in [-0.39, 0.29) is 21.1 Å². The van der Waals surface area contributed by atoms with Gasteiger partial charge in [-0.05, 0) is 24.6 Å². The predicted octanol–water partition coefficient (Wildman–Crippen LogP) is 7.74. The van der Waals surface area contributed by atoms with Gasteiger partial charge in [0.05, 0.1) is 0 Å². The largest absolute Gasteiger partial charge is 2.00 e. The Morgan fingerprint density at radius 1 is 0.655 bits per heavy atom. The summed E-state index contributed by atoms with van der Waals surface area (Å²) in [5, 5.41) is 0. The summed E-state index contributed by atoms with van der Waals surface area (Å²) in [6.07, 6.45) is 0. The van der Waals surface area contributed by atoms with E-state index < -0.39 is 0 Å². The van der Waals surface area contributed by atoms with E-state index in [9.17, 15) is 0 Å². The minimum Gasteiger partial charge on any atom is -0.357 e. The zero-order chi connectivity index (χ0) is 19.5. The maximum atomic E-state index is 3.48. The fraction of sp³-hybridized carbons (Fsp3) is 0.111. The number of hydrogen-bond donors (Lipinski definition) is 0. The van der Waals surface area contributed by atoms with E-state index >= 15 is 0 Å². The Bertz CT molecular complexity index is 1100. The van der Waals surface area contributed by atoms with Crippen LogP contribution in [0.3, 0.4) is 0 Å². The van der Waals surface area contributed by atoms with Crippen molar-refractivity contribution < 1.29 is 21.1 Å². The predicted molar refractivity (Wildman–Crippen MR) is 119 cm³/mol. The number of hydrogen-bond acceptors (Lipinski definition) is 1. The third-order valence-electron chi connectivity index (χ3n) is 4.89. The van der Waals surface area contributed by atoms with Crippen LogP contribution in [0.1, 0.15) is 19.4 Å². The maximum absolute atomic E-state index is 3.48. The van der Waals surface area contributed by atoms with E-state index in [0.717, 1.165) is 17.1 Å². The summed E-state index contributed by atoms with van der Waals surface area (Å²) in [6.45, 7) is 6.14. The van der Waals surface area contributed by atoms with Crippen molar-refractivity contribution in [1.82, 2.24) is 0 Å². The molecule has 0 amide bonds. The molecule has 0 radical (unpaired) electrons. The molecule has 0 atom stereocenters. The van der Waals surface area contributed by atoms with Crippen LogP contribution in [0.5, 0.6) is 0 Å². The molecule has 0 N–H and O–H groups in total. The molecule has 0 unspecified atom stereocenters. The number of nitrogens with zero attached hydrogens (tertiary/aromatic N) is 1. The summed E-state index contributed by atoms with van der Waals surface area (Å²) in [6, 6.07) is 36.5. The number of rotatable bonds is 1. The van der Waals surface area contributed by atoms with Crippen LogP contribution in [-0.2, 0) is 21.1 Å². The molecule has 1 heterocycles. The molecule has 5 rings (SSSR count). The van der Waals surface area contributed by atoms with Crippen molar-refractivity contribution in [2.75, 3.05) is 4.90 Å². The van der Waals surface area contributed by atoms with E-state index in [2.05, 4.69) is 90.7 Å². The molecule has 2 heteroatoms. The molecule has 0 fully saturated rings. The van der Waals surface area contributed by atoms with Crippen LogP contribution >= 0.6 is 0 Å². The third-order valence-corrected chi connectivity index (χ3v) is 4.89. The van der Waals surface area contributed by atoms with Gasteiger partial charge in [-0.3, -0.25) is 0 Å². The molecule has 0 aliphatic carbocycles.